The maximum Gasteiger partial charge on any atom is 0.472 e. The zero-order valence-electron chi connectivity index (χ0n) is 64.5. The molecule has 0 saturated carbocycles. The van der Waals surface area contributed by atoms with Gasteiger partial charge in [-0.3, -0.25) is 18.6 Å². The number of carbonyl (C=O) groups excluding carboxylic acids is 2. The van der Waals surface area contributed by atoms with E-state index in [1.54, 1.807) is 0 Å². The Labute approximate surface area is 606 Å². The van der Waals surface area contributed by atoms with Gasteiger partial charge in [-0.1, -0.05) is 366 Å². The number of hydrogen-bond acceptors (Lipinski definition) is 7. The molecule has 1 N–H and O–H groups in total. The summed E-state index contributed by atoms with van der Waals surface area (Å²) in [6, 6.07) is 0. The van der Waals surface area contributed by atoms with E-state index < -0.39 is 26.5 Å². The molecule has 0 rings (SSSR count). The molecule has 564 valence electrons. The fourth-order valence-electron chi connectivity index (χ4n) is 11.5. The molecular formula is C88H155NO8P+. The molecule has 2 unspecified atom stereocenters. The molecule has 0 radical (unpaired) electrons. The molecule has 10 heteroatoms. The number of phosphoric ester groups is 1. The van der Waals surface area contributed by atoms with Gasteiger partial charge in [0.05, 0.1) is 27.7 Å². The van der Waals surface area contributed by atoms with Crippen molar-refractivity contribution in [2.45, 2.75) is 367 Å². The fraction of sp³-hybridized carbons (Fsp3) is 0.727. The predicted molar refractivity (Wildman–Crippen MR) is 427 cm³/mol. The number of quaternary nitrogens is 1. The van der Waals surface area contributed by atoms with E-state index in [4.69, 9.17) is 18.5 Å². The smallest absolute Gasteiger partial charge is 0.462 e. The van der Waals surface area contributed by atoms with Gasteiger partial charge in [-0.2, -0.15) is 0 Å². The van der Waals surface area contributed by atoms with Crippen molar-refractivity contribution in [2.24, 2.45) is 0 Å². The lowest BCUT2D eigenvalue weighted by atomic mass is 10.0. The van der Waals surface area contributed by atoms with E-state index in [0.717, 1.165) is 122 Å². The number of phosphoric acid groups is 1. The Morgan fingerprint density at radius 2 is 0.582 bits per heavy atom. The molecule has 98 heavy (non-hydrogen) atoms. The van der Waals surface area contributed by atoms with Crippen molar-refractivity contribution < 1.29 is 42.1 Å². The van der Waals surface area contributed by atoms with Gasteiger partial charge in [0.2, 0.25) is 0 Å². The van der Waals surface area contributed by atoms with Crippen molar-refractivity contribution in [3.8, 4) is 0 Å². The molecule has 2 atom stereocenters. The third kappa shape index (κ3) is 81.1. The van der Waals surface area contributed by atoms with Crippen LogP contribution < -0.4 is 0 Å². The Bertz CT molecular complexity index is 2120. The Kier molecular flexibility index (Phi) is 74.3. The van der Waals surface area contributed by atoms with E-state index >= 15 is 0 Å². The Hall–Kier alpha value is -3.85. The predicted octanol–water partition coefficient (Wildman–Crippen LogP) is 27.5. The number of rotatable bonds is 75. The van der Waals surface area contributed by atoms with Gasteiger partial charge < -0.3 is 18.9 Å². The number of carbonyl (C=O) groups is 2. The SMILES string of the molecule is CC/C=C\C/C=C\C/C=C\C/C=C\C/C=C\C/C=C\C/C=C\C/C=C\C/C=C\C/C=C\CCCCCCCCC(=O)OC(COC(=O)CCCCCCCCCCCCCCCCCCCCCCCCCCC/C=C\CCCCCCCCCC)COP(=O)(O)OCC[N+](C)(C)C. The van der Waals surface area contributed by atoms with Crippen LogP contribution in [0.3, 0.4) is 0 Å². The number of allylic oxidation sites excluding steroid dienone is 22. The molecule has 0 aromatic heterocycles. The first kappa shape index (κ1) is 94.2. The van der Waals surface area contributed by atoms with Gasteiger partial charge in [0.1, 0.15) is 19.8 Å². The van der Waals surface area contributed by atoms with Gasteiger partial charge in [-0.05, 0) is 116 Å². The van der Waals surface area contributed by atoms with Gasteiger partial charge in [-0.25, -0.2) is 4.57 Å². The molecule has 0 fully saturated rings. The summed E-state index contributed by atoms with van der Waals surface area (Å²) in [6.45, 7) is 4.33. The standard InChI is InChI=1S/C88H154NO8P/c1-6-8-10-12-14-16-18-20-22-24-26-28-30-32-34-36-38-40-42-44-46-48-50-52-54-56-58-60-62-64-66-68-70-72-74-76-78-80-87(90)94-84-86(85-96-98(92,93)95-83-82-89(3,4)5)97-88(91)81-79-77-75-73-71-69-67-65-63-61-59-57-55-53-51-49-47-45-43-41-39-37-35-33-31-29-27-25-23-21-19-17-15-13-11-9-7-2/h9,11,15,17,21,23-24,26-27,29,33,35,39,41,45,47,51,53,57,59,63,65,86H,6-8,10,12-14,16,18-20,22,25,28,30-32,34,36-38,40,42-44,46,48-50,52,54-56,58,60-62,64,66-85H2,1-5H3/p+1/b11-9-,17-15-,23-21-,26-24-,29-27-,35-33-,41-39-,47-45-,53-51-,59-57-,65-63-. The topological polar surface area (TPSA) is 108 Å². The number of unbranched alkanes of at least 4 members (excludes halogenated alkanes) is 39. The normalized spacial score (nSPS) is 13.7. The van der Waals surface area contributed by atoms with Crippen LogP contribution in [0.1, 0.15) is 361 Å². The van der Waals surface area contributed by atoms with Gasteiger partial charge in [-0.15, -0.1) is 0 Å². The average Bonchev–Trinajstić information content (AvgIpc) is 1.08. The van der Waals surface area contributed by atoms with Crippen LogP contribution in [-0.4, -0.2) is 74.9 Å². The maximum absolute atomic E-state index is 12.9. The lowest BCUT2D eigenvalue weighted by molar-refractivity contribution is -0.870. The molecule has 0 bridgehead atoms. The van der Waals surface area contributed by atoms with Crippen LogP contribution in [0.15, 0.2) is 134 Å². The van der Waals surface area contributed by atoms with Crippen molar-refractivity contribution in [2.75, 3.05) is 47.5 Å². The molecule has 0 aliphatic heterocycles. The molecular weight excluding hydrogens is 1230 g/mol. The lowest BCUT2D eigenvalue weighted by Gasteiger charge is -2.24. The number of esters is 2. The van der Waals surface area contributed by atoms with E-state index in [1.165, 1.54) is 205 Å². The van der Waals surface area contributed by atoms with Crippen LogP contribution in [0.2, 0.25) is 0 Å². The minimum absolute atomic E-state index is 0.0237. The molecule has 0 aromatic rings. The summed E-state index contributed by atoms with van der Waals surface area (Å²) in [5, 5.41) is 0. The summed E-state index contributed by atoms with van der Waals surface area (Å²) < 4.78 is 34.8. The Balaban J connectivity index is 4.02. The van der Waals surface area contributed by atoms with Crippen molar-refractivity contribution >= 4 is 19.8 Å². The molecule has 0 amide bonds. The van der Waals surface area contributed by atoms with Crippen molar-refractivity contribution in [3.63, 3.8) is 0 Å². The second-order valence-electron chi connectivity index (χ2n) is 28.4. The zero-order chi connectivity index (χ0) is 71.1. The monoisotopic (exact) mass is 1390 g/mol. The summed E-state index contributed by atoms with van der Waals surface area (Å²) in [4.78, 5) is 36.0. The van der Waals surface area contributed by atoms with Crippen LogP contribution in [0.25, 0.3) is 0 Å². The third-order valence-corrected chi connectivity index (χ3v) is 18.6. The second-order valence-corrected chi connectivity index (χ2v) is 29.9. The van der Waals surface area contributed by atoms with Crippen LogP contribution in [0.5, 0.6) is 0 Å². The van der Waals surface area contributed by atoms with E-state index in [0.29, 0.717) is 17.4 Å². The maximum atomic E-state index is 12.9. The Morgan fingerprint density at radius 1 is 0.327 bits per heavy atom. The summed E-state index contributed by atoms with van der Waals surface area (Å²) >= 11 is 0. The number of ether oxygens (including phenoxy) is 2. The minimum atomic E-state index is -4.41. The summed E-state index contributed by atoms with van der Waals surface area (Å²) in [7, 11) is 1.46. The number of hydrogen-bond donors (Lipinski definition) is 1. The quantitative estimate of drug-likeness (QED) is 0.0211. The average molecular weight is 1390 g/mol. The highest BCUT2D eigenvalue weighted by Crippen LogP contribution is 2.43. The van der Waals surface area contributed by atoms with Crippen LogP contribution >= 0.6 is 7.82 Å². The van der Waals surface area contributed by atoms with Gasteiger partial charge in [0.25, 0.3) is 0 Å². The summed E-state index contributed by atoms with van der Waals surface area (Å²) in [6.07, 6.45) is 113. The number of likely N-dealkylation sites (N-methyl/N-ethyl adjacent to an activating group) is 1. The van der Waals surface area contributed by atoms with Gasteiger partial charge in [0.15, 0.2) is 6.10 Å². The number of nitrogens with zero attached hydrogens (tertiary/aromatic N) is 1. The van der Waals surface area contributed by atoms with Crippen molar-refractivity contribution in [1.82, 2.24) is 0 Å². The Morgan fingerprint density at radius 3 is 0.878 bits per heavy atom. The molecule has 0 aromatic carbocycles. The minimum Gasteiger partial charge on any atom is -0.462 e. The summed E-state index contributed by atoms with van der Waals surface area (Å²) in [5.41, 5.74) is 0. The summed E-state index contributed by atoms with van der Waals surface area (Å²) in [5.74, 6) is -0.808. The van der Waals surface area contributed by atoms with Crippen LogP contribution in [-0.2, 0) is 32.7 Å². The molecule has 0 aliphatic carbocycles. The van der Waals surface area contributed by atoms with E-state index in [2.05, 4.69) is 148 Å². The van der Waals surface area contributed by atoms with E-state index in [-0.39, 0.29) is 32.0 Å². The fourth-order valence-corrected chi connectivity index (χ4v) is 12.2. The van der Waals surface area contributed by atoms with Gasteiger partial charge in [0, 0.05) is 12.8 Å². The largest absolute Gasteiger partial charge is 0.472 e. The highest BCUT2D eigenvalue weighted by molar-refractivity contribution is 7.47. The van der Waals surface area contributed by atoms with Gasteiger partial charge >= 0.3 is 19.8 Å². The lowest BCUT2D eigenvalue weighted by Crippen LogP contribution is -2.37. The first-order valence-electron chi connectivity index (χ1n) is 40.9. The first-order chi connectivity index (χ1) is 48.0. The first-order valence-corrected chi connectivity index (χ1v) is 42.4. The molecule has 0 saturated heterocycles. The molecule has 0 spiro atoms. The molecule has 0 aliphatic rings. The van der Waals surface area contributed by atoms with Crippen LogP contribution in [0, 0.1) is 0 Å². The molecule has 0 heterocycles. The highest BCUT2D eigenvalue weighted by Gasteiger charge is 2.27. The zero-order valence-corrected chi connectivity index (χ0v) is 65.4. The highest BCUT2D eigenvalue weighted by atomic mass is 31.2. The second kappa shape index (κ2) is 77.3. The van der Waals surface area contributed by atoms with Crippen molar-refractivity contribution in [3.05, 3.63) is 134 Å². The van der Waals surface area contributed by atoms with Crippen LogP contribution in [0.4, 0.5) is 0 Å². The third-order valence-electron chi connectivity index (χ3n) is 17.7. The van der Waals surface area contributed by atoms with Crippen molar-refractivity contribution in [1.29, 1.82) is 0 Å². The van der Waals surface area contributed by atoms with E-state index in [9.17, 15) is 19.0 Å². The van der Waals surface area contributed by atoms with E-state index in [1.807, 2.05) is 21.1 Å². The molecule has 9 nitrogen and oxygen atoms in total.